The molecule has 0 aromatic rings. The molecule has 0 radical (unpaired) electrons. The van der Waals surface area contributed by atoms with Crippen LogP contribution in [0.1, 0.15) is 13.8 Å². The lowest BCUT2D eigenvalue weighted by molar-refractivity contribution is -0.0542. The van der Waals surface area contributed by atoms with Crippen molar-refractivity contribution < 1.29 is 15.3 Å². The molecule has 1 aliphatic rings. The SMILES string of the molecule is C[C@@H]1S[C@H](CO)[C@@H](O)[C@@]1(C)O. The molecule has 1 rings (SSSR count). The first-order chi connectivity index (χ1) is 5.00. The van der Waals surface area contributed by atoms with Crippen LogP contribution in [0.25, 0.3) is 0 Å². The van der Waals surface area contributed by atoms with E-state index in [-0.39, 0.29) is 17.1 Å². The molecule has 3 N–H and O–H groups in total. The molecule has 1 saturated heterocycles. The second kappa shape index (κ2) is 2.94. The van der Waals surface area contributed by atoms with E-state index < -0.39 is 11.7 Å². The minimum atomic E-state index is -1.06. The van der Waals surface area contributed by atoms with Crippen molar-refractivity contribution in [3.63, 3.8) is 0 Å². The summed E-state index contributed by atoms with van der Waals surface area (Å²) in [6.07, 6.45) is -0.813. The van der Waals surface area contributed by atoms with Crippen molar-refractivity contribution in [2.75, 3.05) is 6.61 Å². The summed E-state index contributed by atoms with van der Waals surface area (Å²) in [5, 5.41) is 27.6. The van der Waals surface area contributed by atoms with Crippen LogP contribution >= 0.6 is 11.8 Å². The second-order valence-corrected chi connectivity index (χ2v) is 4.75. The Morgan fingerprint density at radius 1 is 1.55 bits per heavy atom. The molecule has 4 heteroatoms. The van der Waals surface area contributed by atoms with Crippen LogP contribution in [0.2, 0.25) is 0 Å². The van der Waals surface area contributed by atoms with Crippen molar-refractivity contribution >= 4 is 11.8 Å². The molecule has 0 unspecified atom stereocenters. The van der Waals surface area contributed by atoms with E-state index in [1.807, 2.05) is 6.92 Å². The summed E-state index contributed by atoms with van der Waals surface area (Å²) < 4.78 is 0. The maximum Gasteiger partial charge on any atom is 0.100 e. The third kappa shape index (κ3) is 1.40. The van der Waals surface area contributed by atoms with E-state index >= 15 is 0 Å². The fourth-order valence-electron chi connectivity index (χ4n) is 1.23. The van der Waals surface area contributed by atoms with Crippen LogP contribution in [0, 0.1) is 0 Å². The molecule has 0 bridgehead atoms. The standard InChI is InChI=1S/C7H14O3S/c1-4-7(2,10)6(9)5(3-8)11-4/h4-6,8-10H,3H2,1-2H3/t4-,5+,6+,7-/m0/s1. The van der Waals surface area contributed by atoms with Gasteiger partial charge in [-0.2, -0.15) is 0 Å². The van der Waals surface area contributed by atoms with E-state index in [1.54, 1.807) is 6.92 Å². The first-order valence-corrected chi connectivity index (χ1v) is 4.61. The molecular formula is C7H14O3S. The largest absolute Gasteiger partial charge is 0.395 e. The van der Waals surface area contributed by atoms with Crippen molar-refractivity contribution in [2.24, 2.45) is 0 Å². The van der Waals surface area contributed by atoms with Gasteiger partial charge in [0.2, 0.25) is 0 Å². The van der Waals surface area contributed by atoms with Crippen LogP contribution in [0.3, 0.4) is 0 Å². The molecule has 4 atom stereocenters. The Morgan fingerprint density at radius 3 is 2.27 bits per heavy atom. The van der Waals surface area contributed by atoms with Crippen molar-refractivity contribution in [3.05, 3.63) is 0 Å². The summed E-state index contributed by atoms with van der Waals surface area (Å²) in [4.78, 5) is 0. The van der Waals surface area contributed by atoms with Crippen molar-refractivity contribution in [3.8, 4) is 0 Å². The number of aliphatic hydroxyl groups is 3. The second-order valence-electron chi connectivity index (χ2n) is 3.17. The minimum Gasteiger partial charge on any atom is -0.395 e. The number of thioether (sulfide) groups is 1. The quantitative estimate of drug-likeness (QED) is 0.511. The molecular weight excluding hydrogens is 164 g/mol. The first-order valence-electron chi connectivity index (χ1n) is 3.67. The lowest BCUT2D eigenvalue weighted by Crippen LogP contribution is -2.44. The Kier molecular flexibility index (Phi) is 2.49. The fourth-order valence-corrected chi connectivity index (χ4v) is 2.68. The summed E-state index contributed by atoms with van der Waals surface area (Å²) in [6.45, 7) is 3.38. The smallest absolute Gasteiger partial charge is 0.100 e. The summed E-state index contributed by atoms with van der Waals surface area (Å²) in [7, 11) is 0. The molecule has 1 heterocycles. The van der Waals surface area contributed by atoms with Gasteiger partial charge in [-0.15, -0.1) is 11.8 Å². The molecule has 0 aromatic heterocycles. The van der Waals surface area contributed by atoms with E-state index in [4.69, 9.17) is 5.11 Å². The number of hydrogen-bond acceptors (Lipinski definition) is 4. The highest BCUT2D eigenvalue weighted by molar-refractivity contribution is 8.01. The summed E-state index contributed by atoms with van der Waals surface area (Å²) in [6, 6.07) is 0. The van der Waals surface area contributed by atoms with Gasteiger partial charge in [-0.3, -0.25) is 0 Å². The van der Waals surface area contributed by atoms with Gasteiger partial charge in [-0.1, -0.05) is 6.92 Å². The van der Waals surface area contributed by atoms with Crippen molar-refractivity contribution in [1.82, 2.24) is 0 Å². The molecule has 11 heavy (non-hydrogen) atoms. The van der Waals surface area contributed by atoms with Crippen LogP contribution in [0.4, 0.5) is 0 Å². The lowest BCUT2D eigenvalue weighted by atomic mass is 9.94. The molecule has 1 fully saturated rings. The van der Waals surface area contributed by atoms with Crippen LogP contribution in [0.5, 0.6) is 0 Å². The lowest BCUT2D eigenvalue weighted by Gasteiger charge is -2.25. The molecule has 1 aliphatic heterocycles. The van der Waals surface area contributed by atoms with Crippen LogP contribution in [-0.4, -0.2) is 44.1 Å². The van der Waals surface area contributed by atoms with Gasteiger partial charge in [0.05, 0.1) is 18.0 Å². The first kappa shape index (κ1) is 9.32. The zero-order valence-corrected chi connectivity index (χ0v) is 7.51. The highest BCUT2D eigenvalue weighted by Crippen LogP contribution is 2.40. The Morgan fingerprint density at radius 2 is 2.09 bits per heavy atom. The van der Waals surface area contributed by atoms with Crippen LogP contribution in [0.15, 0.2) is 0 Å². The van der Waals surface area contributed by atoms with Crippen LogP contribution in [-0.2, 0) is 0 Å². The van der Waals surface area contributed by atoms with Crippen molar-refractivity contribution in [2.45, 2.75) is 36.1 Å². The normalized spacial score (nSPS) is 51.5. The molecule has 0 saturated carbocycles. The Balaban J connectivity index is 2.71. The van der Waals surface area contributed by atoms with Gasteiger partial charge in [0, 0.05) is 5.25 Å². The molecule has 66 valence electrons. The molecule has 0 aliphatic carbocycles. The van der Waals surface area contributed by atoms with Gasteiger partial charge in [0.15, 0.2) is 0 Å². The molecule has 0 amide bonds. The third-order valence-electron chi connectivity index (χ3n) is 2.33. The van der Waals surface area contributed by atoms with Crippen LogP contribution < -0.4 is 0 Å². The number of hydrogen-bond donors (Lipinski definition) is 3. The highest BCUT2D eigenvalue weighted by atomic mass is 32.2. The maximum atomic E-state index is 9.65. The van der Waals surface area contributed by atoms with Gasteiger partial charge >= 0.3 is 0 Å². The molecule has 0 spiro atoms. The average Bonchev–Trinajstić information content (AvgIpc) is 2.14. The zero-order chi connectivity index (χ0) is 8.65. The fraction of sp³-hybridized carbons (Fsp3) is 1.00. The van der Waals surface area contributed by atoms with Crippen molar-refractivity contribution in [1.29, 1.82) is 0 Å². The number of aliphatic hydroxyl groups excluding tert-OH is 2. The van der Waals surface area contributed by atoms with Gasteiger partial charge < -0.3 is 15.3 Å². The van der Waals surface area contributed by atoms with Gasteiger partial charge in [0.25, 0.3) is 0 Å². The Bertz CT molecular complexity index is 149. The third-order valence-corrected chi connectivity index (χ3v) is 3.97. The predicted molar refractivity (Wildman–Crippen MR) is 44.6 cm³/mol. The average molecular weight is 178 g/mol. The zero-order valence-electron chi connectivity index (χ0n) is 6.69. The Labute approximate surface area is 70.4 Å². The summed E-state index contributed by atoms with van der Waals surface area (Å²) in [5.41, 5.74) is -1.06. The topological polar surface area (TPSA) is 60.7 Å². The van der Waals surface area contributed by atoms with E-state index in [0.717, 1.165) is 0 Å². The summed E-state index contributed by atoms with van der Waals surface area (Å²) >= 11 is 1.43. The maximum absolute atomic E-state index is 9.65. The van der Waals surface area contributed by atoms with Gasteiger partial charge in [-0.05, 0) is 6.92 Å². The van der Waals surface area contributed by atoms with E-state index in [9.17, 15) is 10.2 Å². The van der Waals surface area contributed by atoms with Gasteiger partial charge in [0.1, 0.15) is 5.60 Å². The Hall–Kier alpha value is 0.230. The van der Waals surface area contributed by atoms with E-state index in [0.29, 0.717) is 0 Å². The molecule has 3 nitrogen and oxygen atoms in total. The number of rotatable bonds is 1. The van der Waals surface area contributed by atoms with E-state index in [1.165, 1.54) is 11.8 Å². The predicted octanol–water partition coefficient (Wildman–Crippen LogP) is -0.406. The minimum absolute atomic E-state index is 0.0188. The highest BCUT2D eigenvalue weighted by Gasteiger charge is 2.48. The monoisotopic (exact) mass is 178 g/mol. The van der Waals surface area contributed by atoms with Gasteiger partial charge in [-0.25, -0.2) is 0 Å². The van der Waals surface area contributed by atoms with E-state index in [2.05, 4.69) is 0 Å². The molecule has 0 aromatic carbocycles. The summed E-state index contributed by atoms with van der Waals surface area (Å²) in [5.74, 6) is 0.